The van der Waals surface area contributed by atoms with Gasteiger partial charge in [-0.3, -0.25) is 0 Å². The zero-order chi connectivity index (χ0) is 13.5. The Morgan fingerprint density at radius 1 is 1.05 bits per heavy atom. The van der Waals surface area contributed by atoms with Crippen molar-refractivity contribution in [3.05, 3.63) is 28.7 Å². The minimum absolute atomic E-state index is 0.292. The fourth-order valence-corrected chi connectivity index (χ4v) is 1.78. The second kappa shape index (κ2) is 7.85. The normalized spacial score (nSPS) is 18.8. The third-order valence-corrected chi connectivity index (χ3v) is 3.50. The summed E-state index contributed by atoms with van der Waals surface area (Å²) < 4.78 is 16.5. The zero-order valence-corrected chi connectivity index (χ0v) is 12.3. The van der Waals surface area contributed by atoms with E-state index in [2.05, 4.69) is 15.9 Å². The first kappa shape index (κ1) is 14.8. The summed E-state index contributed by atoms with van der Waals surface area (Å²) >= 11 is 3.37. The van der Waals surface area contributed by atoms with Gasteiger partial charge in [-0.15, -0.1) is 0 Å². The number of ether oxygens (including phenoxy) is 3. The molecule has 2 saturated heterocycles. The third kappa shape index (κ3) is 5.10. The molecule has 0 aliphatic carbocycles. The van der Waals surface area contributed by atoms with E-state index in [1.165, 1.54) is 0 Å². The highest BCUT2D eigenvalue weighted by atomic mass is 79.9. The molecule has 1 aromatic rings. The highest BCUT2D eigenvalue weighted by Gasteiger charge is 2.18. The second-order valence-corrected chi connectivity index (χ2v) is 5.67. The molecule has 0 atom stereocenters. The van der Waals surface area contributed by atoms with Crippen LogP contribution in [0.1, 0.15) is 0 Å². The van der Waals surface area contributed by atoms with Crippen LogP contribution in [0, 0.1) is 11.8 Å². The molecule has 0 spiro atoms. The number of hydrogen-bond donors (Lipinski definition) is 1. The summed E-state index contributed by atoms with van der Waals surface area (Å²) in [6.45, 7) is 4.27. The number of rotatable bonds is 4. The molecule has 106 valence electrons. The van der Waals surface area contributed by atoms with Gasteiger partial charge in [-0.05, 0) is 24.3 Å². The zero-order valence-electron chi connectivity index (χ0n) is 10.8. The van der Waals surface area contributed by atoms with Gasteiger partial charge in [0, 0.05) is 16.3 Å². The molecule has 4 nitrogen and oxygen atoms in total. The maximum Gasteiger partial charge on any atom is 0.119 e. The molecule has 0 aromatic heterocycles. The van der Waals surface area contributed by atoms with Crippen LogP contribution in [0.2, 0.25) is 0 Å². The lowest BCUT2D eigenvalue weighted by Gasteiger charge is -2.25. The molecule has 0 bridgehead atoms. The first-order valence-electron chi connectivity index (χ1n) is 6.42. The molecule has 0 saturated carbocycles. The van der Waals surface area contributed by atoms with Crippen LogP contribution in [0.5, 0.6) is 5.75 Å². The minimum Gasteiger partial charge on any atom is -0.493 e. The van der Waals surface area contributed by atoms with Crippen LogP contribution in [0.25, 0.3) is 0 Å². The molecule has 2 fully saturated rings. The number of aliphatic hydroxyl groups is 1. The van der Waals surface area contributed by atoms with Crippen molar-refractivity contribution in [2.75, 3.05) is 39.6 Å². The number of aliphatic hydroxyl groups excluding tert-OH is 1. The molecule has 2 aliphatic heterocycles. The fraction of sp³-hybridized carbons (Fsp3) is 0.571. The fourth-order valence-electron chi connectivity index (χ4n) is 1.52. The van der Waals surface area contributed by atoms with E-state index in [1.807, 2.05) is 24.3 Å². The number of halogens is 1. The van der Waals surface area contributed by atoms with Crippen LogP contribution < -0.4 is 4.74 Å². The maximum atomic E-state index is 8.31. The second-order valence-electron chi connectivity index (χ2n) is 4.75. The molecule has 0 amide bonds. The van der Waals surface area contributed by atoms with Crippen LogP contribution in [0.4, 0.5) is 0 Å². The van der Waals surface area contributed by atoms with Crippen LogP contribution >= 0.6 is 15.9 Å². The van der Waals surface area contributed by atoms with Crippen LogP contribution in [0.15, 0.2) is 28.7 Å². The van der Waals surface area contributed by atoms with Crippen molar-refractivity contribution in [3.63, 3.8) is 0 Å². The lowest BCUT2D eigenvalue weighted by atomic mass is 10.1. The summed E-state index contributed by atoms with van der Waals surface area (Å²) in [5.41, 5.74) is 0. The Labute approximate surface area is 121 Å². The summed E-state index contributed by atoms with van der Waals surface area (Å²) in [6.07, 6.45) is 0. The Kier molecular flexibility index (Phi) is 6.10. The van der Waals surface area contributed by atoms with Crippen molar-refractivity contribution >= 4 is 15.9 Å². The van der Waals surface area contributed by atoms with Crippen LogP contribution in [-0.4, -0.2) is 44.7 Å². The Bertz CT molecular complexity index is 357. The largest absolute Gasteiger partial charge is 0.493 e. The van der Waals surface area contributed by atoms with E-state index >= 15 is 0 Å². The molecule has 0 unspecified atom stereocenters. The minimum atomic E-state index is 0.292. The molecule has 1 aromatic carbocycles. The molecule has 2 aliphatic rings. The van der Waals surface area contributed by atoms with Gasteiger partial charge >= 0.3 is 0 Å². The Morgan fingerprint density at radius 3 is 2.00 bits per heavy atom. The Balaban J connectivity index is 0.000000186. The van der Waals surface area contributed by atoms with Crippen molar-refractivity contribution < 1.29 is 19.3 Å². The van der Waals surface area contributed by atoms with Gasteiger partial charge < -0.3 is 19.3 Å². The average Bonchev–Trinajstić information content (AvgIpc) is 2.29. The number of benzene rings is 1. The van der Waals surface area contributed by atoms with E-state index in [0.29, 0.717) is 18.4 Å². The first-order valence-corrected chi connectivity index (χ1v) is 7.22. The summed E-state index contributed by atoms with van der Waals surface area (Å²) in [6, 6.07) is 7.88. The maximum absolute atomic E-state index is 8.31. The van der Waals surface area contributed by atoms with Crippen molar-refractivity contribution in [2.45, 2.75) is 0 Å². The van der Waals surface area contributed by atoms with Gasteiger partial charge in [0.2, 0.25) is 0 Å². The lowest BCUT2D eigenvalue weighted by Crippen LogP contribution is -2.32. The molecule has 5 heteroatoms. The molecular weight excluding hydrogens is 312 g/mol. The van der Waals surface area contributed by atoms with E-state index in [0.717, 1.165) is 43.3 Å². The third-order valence-electron chi connectivity index (χ3n) is 2.97. The monoisotopic (exact) mass is 330 g/mol. The molecule has 0 radical (unpaired) electrons. The van der Waals surface area contributed by atoms with Gasteiger partial charge in [0.25, 0.3) is 0 Å². The number of hydrogen-bond acceptors (Lipinski definition) is 4. The first-order chi connectivity index (χ1) is 9.28. The Hall–Kier alpha value is -0.620. The molecule has 3 rings (SSSR count). The average molecular weight is 331 g/mol. The molecule has 19 heavy (non-hydrogen) atoms. The van der Waals surface area contributed by atoms with Gasteiger partial charge in [0.15, 0.2) is 0 Å². The molecule has 1 N–H and O–H groups in total. The van der Waals surface area contributed by atoms with E-state index in [1.54, 1.807) is 0 Å². The quantitative estimate of drug-likeness (QED) is 0.918. The van der Waals surface area contributed by atoms with Crippen molar-refractivity contribution in [3.8, 4) is 5.75 Å². The van der Waals surface area contributed by atoms with E-state index in [-0.39, 0.29) is 0 Å². The highest BCUT2D eigenvalue weighted by Crippen LogP contribution is 2.18. The standard InChI is InChI=1S/C10H11BrO2.C4H8O2/c11-9-1-3-10(4-2-9)13-7-8-5-12-6-8;5-1-4-2-6-3-4/h1-4,8H,5-7H2;4-5H,1-3H2. The van der Waals surface area contributed by atoms with Gasteiger partial charge in [0.1, 0.15) is 5.75 Å². The smallest absolute Gasteiger partial charge is 0.119 e. The predicted octanol–water partition coefficient (Wildman–Crippen LogP) is 2.10. The van der Waals surface area contributed by atoms with Crippen molar-refractivity contribution in [1.82, 2.24) is 0 Å². The SMILES string of the molecule is Brc1ccc(OCC2COC2)cc1.OCC1COC1. The van der Waals surface area contributed by atoms with E-state index in [4.69, 9.17) is 19.3 Å². The van der Waals surface area contributed by atoms with E-state index in [9.17, 15) is 0 Å². The van der Waals surface area contributed by atoms with E-state index < -0.39 is 0 Å². The summed E-state index contributed by atoms with van der Waals surface area (Å²) in [7, 11) is 0. The van der Waals surface area contributed by atoms with Crippen molar-refractivity contribution in [1.29, 1.82) is 0 Å². The van der Waals surface area contributed by atoms with Crippen LogP contribution in [-0.2, 0) is 9.47 Å². The molecule has 2 heterocycles. The lowest BCUT2D eigenvalue weighted by molar-refractivity contribution is -0.0554. The van der Waals surface area contributed by atoms with Gasteiger partial charge in [-0.2, -0.15) is 0 Å². The summed E-state index contributed by atoms with van der Waals surface area (Å²) in [5, 5.41) is 8.31. The van der Waals surface area contributed by atoms with Crippen molar-refractivity contribution in [2.24, 2.45) is 11.8 Å². The summed E-state index contributed by atoms with van der Waals surface area (Å²) in [5.74, 6) is 1.96. The van der Waals surface area contributed by atoms with Gasteiger partial charge in [0.05, 0.1) is 39.6 Å². The predicted molar refractivity (Wildman–Crippen MR) is 75.3 cm³/mol. The highest BCUT2D eigenvalue weighted by molar-refractivity contribution is 9.10. The topological polar surface area (TPSA) is 47.9 Å². The van der Waals surface area contributed by atoms with Gasteiger partial charge in [-0.1, -0.05) is 15.9 Å². The molecular formula is C14H19BrO4. The van der Waals surface area contributed by atoms with Crippen LogP contribution in [0.3, 0.4) is 0 Å². The summed E-state index contributed by atoms with van der Waals surface area (Å²) in [4.78, 5) is 0. The Morgan fingerprint density at radius 2 is 1.63 bits per heavy atom. The van der Waals surface area contributed by atoms with Gasteiger partial charge in [-0.25, -0.2) is 0 Å².